The van der Waals surface area contributed by atoms with Gasteiger partial charge in [0.05, 0.1) is 26.5 Å². The number of benzene rings is 2. The first-order chi connectivity index (χ1) is 16.0. The van der Waals surface area contributed by atoms with E-state index in [1.807, 2.05) is 55.5 Å². The molecule has 0 radical (unpaired) electrons. The van der Waals surface area contributed by atoms with Crippen LogP contribution in [-0.2, 0) is 6.54 Å². The number of anilines is 1. The normalized spacial score (nSPS) is 10.6. The lowest BCUT2D eigenvalue weighted by Crippen LogP contribution is -2.18. The van der Waals surface area contributed by atoms with Gasteiger partial charge in [-0.2, -0.15) is 0 Å². The number of amides is 1. The van der Waals surface area contributed by atoms with Gasteiger partial charge < -0.3 is 19.4 Å². The summed E-state index contributed by atoms with van der Waals surface area (Å²) in [5.41, 5.74) is 3.08. The van der Waals surface area contributed by atoms with Gasteiger partial charge in [0.25, 0.3) is 11.5 Å². The molecule has 0 saturated heterocycles. The van der Waals surface area contributed by atoms with E-state index in [0.29, 0.717) is 34.3 Å². The lowest BCUT2D eigenvalue weighted by molar-refractivity contribution is 0.103. The van der Waals surface area contributed by atoms with Crippen molar-refractivity contribution in [2.45, 2.75) is 13.5 Å². The van der Waals surface area contributed by atoms with Crippen molar-refractivity contribution in [3.05, 3.63) is 93.3 Å². The lowest BCUT2D eigenvalue weighted by Gasteiger charge is -2.08. The molecule has 2 heterocycles. The summed E-state index contributed by atoms with van der Waals surface area (Å²) in [4.78, 5) is 29.9. The molecular weight excluding hydrogens is 438 g/mol. The standard InChI is InChI=1S/C25H23N3O4S/c1-16-23(33-25(26-16)18-9-12-20(31-2)21(14-18)32-3)24(30)27-19-10-7-17(8-11-19)15-28-13-5-4-6-22(28)29/h4-14H,15H2,1-3H3,(H,27,30). The van der Waals surface area contributed by atoms with Gasteiger partial charge >= 0.3 is 0 Å². The SMILES string of the molecule is COc1ccc(-c2nc(C)c(C(=O)Nc3ccc(Cn4ccccc4=O)cc3)s2)cc1OC. The number of hydrogen-bond acceptors (Lipinski definition) is 6. The van der Waals surface area contributed by atoms with Crippen LogP contribution in [0, 0.1) is 6.92 Å². The average Bonchev–Trinajstić information content (AvgIpc) is 3.23. The molecule has 4 rings (SSSR count). The number of thiazole rings is 1. The molecule has 0 aliphatic carbocycles. The highest BCUT2D eigenvalue weighted by molar-refractivity contribution is 7.17. The van der Waals surface area contributed by atoms with Gasteiger partial charge in [-0.15, -0.1) is 11.3 Å². The van der Waals surface area contributed by atoms with Gasteiger partial charge in [0.15, 0.2) is 11.5 Å². The molecule has 7 nitrogen and oxygen atoms in total. The molecule has 0 bridgehead atoms. The number of nitrogens with zero attached hydrogens (tertiary/aromatic N) is 2. The summed E-state index contributed by atoms with van der Waals surface area (Å²) in [7, 11) is 3.17. The third-order valence-electron chi connectivity index (χ3n) is 5.10. The van der Waals surface area contributed by atoms with Gasteiger partial charge in [-0.1, -0.05) is 18.2 Å². The minimum absolute atomic E-state index is 0.0548. The van der Waals surface area contributed by atoms with Crippen LogP contribution >= 0.6 is 11.3 Å². The number of pyridine rings is 1. The molecule has 0 fully saturated rings. The Balaban J connectivity index is 1.48. The highest BCUT2D eigenvalue weighted by Crippen LogP contribution is 2.35. The van der Waals surface area contributed by atoms with Crippen molar-refractivity contribution in [2.75, 3.05) is 19.5 Å². The van der Waals surface area contributed by atoms with Gasteiger partial charge in [0.2, 0.25) is 0 Å². The van der Waals surface area contributed by atoms with Crippen LogP contribution in [-0.4, -0.2) is 29.7 Å². The van der Waals surface area contributed by atoms with Gasteiger partial charge in [-0.05, 0) is 48.9 Å². The fourth-order valence-corrected chi connectivity index (χ4v) is 4.33. The smallest absolute Gasteiger partial charge is 0.267 e. The predicted octanol–water partition coefficient (Wildman–Crippen LogP) is 4.60. The maximum absolute atomic E-state index is 12.9. The molecule has 4 aromatic rings. The Bertz CT molecular complexity index is 1340. The van der Waals surface area contributed by atoms with Crippen LogP contribution < -0.4 is 20.3 Å². The Morgan fingerprint density at radius 2 is 1.79 bits per heavy atom. The molecule has 8 heteroatoms. The van der Waals surface area contributed by atoms with Crippen molar-refractivity contribution in [3.8, 4) is 22.1 Å². The van der Waals surface area contributed by atoms with E-state index in [2.05, 4.69) is 10.3 Å². The van der Waals surface area contributed by atoms with Gasteiger partial charge in [0, 0.05) is 23.5 Å². The number of carbonyl (C=O) groups excluding carboxylic acids is 1. The maximum atomic E-state index is 12.9. The summed E-state index contributed by atoms with van der Waals surface area (Å²) in [5.74, 6) is 1.02. The van der Waals surface area contributed by atoms with E-state index < -0.39 is 0 Å². The van der Waals surface area contributed by atoms with E-state index in [1.165, 1.54) is 17.4 Å². The second-order valence-electron chi connectivity index (χ2n) is 7.32. The zero-order valence-electron chi connectivity index (χ0n) is 18.5. The molecule has 0 saturated carbocycles. The second kappa shape index (κ2) is 9.70. The van der Waals surface area contributed by atoms with Crippen LogP contribution in [0.2, 0.25) is 0 Å². The monoisotopic (exact) mass is 461 g/mol. The number of carbonyl (C=O) groups is 1. The fraction of sp³-hybridized carbons (Fsp3) is 0.160. The summed E-state index contributed by atoms with van der Waals surface area (Å²) >= 11 is 1.32. The molecule has 0 unspecified atom stereocenters. The molecule has 0 aliphatic heterocycles. The first-order valence-electron chi connectivity index (χ1n) is 10.2. The molecule has 168 valence electrons. The van der Waals surface area contributed by atoms with Crippen molar-refractivity contribution in [1.82, 2.24) is 9.55 Å². The maximum Gasteiger partial charge on any atom is 0.267 e. The summed E-state index contributed by atoms with van der Waals surface area (Å²) in [6.07, 6.45) is 1.75. The molecule has 0 aliphatic rings. The van der Waals surface area contributed by atoms with Gasteiger partial charge in [0.1, 0.15) is 9.88 Å². The third-order valence-corrected chi connectivity index (χ3v) is 6.30. The Morgan fingerprint density at radius 1 is 1.03 bits per heavy atom. The summed E-state index contributed by atoms with van der Waals surface area (Å²) in [6.45, 7) is 2.28. The third kappa shape index (κ3) is 4.96. The number of rotatable bonds is 7. The summed E-state index contributed by atoms with van der Waals surface area (Å²) < 4.78 is 12.3. The summed E-state index contributed by atoms with van der Waals surface area (Å²) in [5, 5.41) is 3.65. The van der Waals surface area contributed by atoms with Crippen molar-refractivity contribution in [1.29, 1.82) is 0 Å². The van der Waals surface area contributed by atoms with Crippen molar-refractivity contribution < 1.29 is 14.3 Å². The zero-order valence-corrected chi connectivity index (χ0v) is 19.3. The number of aryl methyl sites for hydroxylation is 1. The molecular formula is C25H23N3O4S. The molecule has 0 atom stereocenters. The minimum Gasteiger partial charge on any atom is -0.493 e. The zero-order chi connectivity index (χ0) is 23.4. The number of aromatic nitrogens is 2. The van der Waals surface area contributed by atoms with Crippen LogP contribution in [0.4, 0.5) is 5.69 Å². The van der Waals surface area contributed by atoms with Gasteiger partial charge in [-0.3, -0.25) is 9.59 Å². The molecule has 0 spiro atoms. The van der Waals surface area contributed by atoms with E-state index in [1.54, 1.807) is 31.0 Å². The molecule has 2 aromatic carbocycles. The number of nitrogens with one attached hydrogen (secondary N) is 1. The topological polar surface area (TPSA) is 82.5 Å². The van der Waals surface area contributed by atoms with Crippen molar-refractivity contribution >= 4 is 22.9 Å². The summed E-state index contributed by atoms with van der Waals surface area (Å²) in [6, 6.07) is 18.1. The first-order valence-corrected chi connectivity index (χ1v) is 11.1. The van der Waals surface area contributed by atoms with Crippen LogP contribution in [0.15, 0.2) is 71.7 Å². The largest absolute Gasteiger partial charge is 0.493 e. The van der Waals surface area contributed by atoms with E-state index in [0.717, 1.165) is 16.1 Å². The highest BCUT2D eigenvalue weighted by atomic mass is 32.1. The Hall–Kier alpha value is -3.91. The van der Waals surface area contributed by atoms with Crippen molar-refractivity contribution in [3.63, 3.8) is 0 Å². The van der Waals surface area contributed by atoms with Crippen LogP contribution in [0.3, 0.4) is 0 Å². The molecule has 1 N–H and O–H groups in total. The van der Waals surface area contributed by atoms with Crippen LogP contribution in [0.5, 0.6) is 11.5 Å². The number of ether oxygens (including phenoxy) is 2. The minimum atomic E-state index is -0.219. The van der Waals surface area contributed by atoms with E-state index in [9.17, 15) is 9.59 Å². The lowest BCUT2D eigenvalue weighted by atomic mass is 10.2. The van der Waals surface area contributed by atoms with Crippen LogP contribution in [0.1, 0.15) is 20.9 Å². The second-order valence-corrected chi connectivity index (χ2v) is 8.32. The fourth-order valence-electron chi connectivity index (χ4n) is 3.37. The Labute approximate surface area is 195 Å². The number of methoxy groups -OCH3 is 2. The molecule has 1 amide bonds. The van der Waals surface area contributed by atoms with E-state index in [-0.39, 0.29) is 11.5 Å². The highest BCUT2D eigenvalue weighted by Gasteiger charge is 2.17. The molecule has 33 heavy (non-hydrogen) atoms. The Morgan fingerprint density at radius 3 is 2.48 bits per heavy atom. The molecule has 2 aromatic heterocycles. The number of hydrogen-bond donors (Lipinski definition) is 1. The van der Waals surface area contributed by atoms with Crippen LogP contribution in [0.25, 0.3) is 10.6 Å². The predicted molar refractivity (Wildman–Crippen MR) is 130 cm³/mol. The Kier molecular flexibility index (Phi) is 6.55. The van der Waals surface area contributed by atoms with E-state index in [4.69, 9.17) is 9.47 Å². The average molecular weight is 462 g/mol. The quantitative estimate of drug-likeness (QED) is 0.435. The van der Waals surface area contributed by atoms with Crippen molar-refractivity contribution in [2.24, 2.45) is 0 Å². The first kappa shape index (κ1) is 22.3. The van der Waals surface area contributed by atoms with Gasteiger partial charge in [-0.25, -0.2) is 4.98 Å². The van der Waals surface area contributed by atoms with E-state index >= 15 is 0 Å².